The van der Waals surface area contributed by atoms with Gasteiger partial charge < -0.3 is 15.2 Å². The highest BCUT2D eigenvalue weighted by atomic mass is 19.4. The van der Waals surface area contributed by atoms with Gasteiger partial charge in [0.1, 0.15) is 17.6 Å². The number of amides is 1. The van der Waals surface area contributed by atoms with Gasteiger partial charge in [-0.05, 0) is 35.4 Å². The van der Waals surface area contributed by atoms with E-state index >= 15 is 0 Å². The third kappa shape index (κ3) is 5.05. The molecule has 0 spiro atoms. The van der Waals surface area contributed by atoms with Gasteiger partial charge in [0, 0.05) is 36.6 Å². The molecule has 0 bridgehead atoms. The number of rotatable bonds is 5. The van der Waals surface area contributed by atoms with Crippen LogP contribution in [0, 0.1) is 11.3 Å². The molecule has 43 heavy (non-hydrogen) atoms. The van der Waals surface area contributed by atoms with Gasteiger partial charge in [0.05, 0.1) is 18.0 Å². The molecule has 228 valence electrons. The van der Waals surface area contributed by atoms with Crippen molar-refractivity contribution >= 4 is 34.1 Å². The SMILES string of the molecule is CC(=O)[C@H]1CNCC[C@]1(C(=O)O)[N@+]1(CC(C)(C)C)C(=O)COC(c2cccc3ccccc23)c2cc(C(F)(F)F)ccc21. The Balaban J connectivity index is 1.93. The second-order valence-corrected chi connectivity index (χ2v) is 12.8. The minimum absolute atomic E-state index is 0.0165. The molecule has 0 aliphatic carbocycles. The molecule has 7 nitrogen and oxygen atoms in total. The number of carboxylic acid groups (broad SMARTS) is 1. The van der Waals surface area contributed by atoms with E-state index in [-0.39, 0.29) is 37.3 Å². The van der Waals surface area contributed by atoms with Gasteiger partial charge in [-0.1, -0.05) is 63.2 Å². The molecule has 2 heterocycles. The van der Waals surface area contributed by atoms with E-state index in [0.717, 1.165) is 22.9 Å². The van der Waals surface area contributed by atoms with Crippen LogP contribution >= 0.6 is 0 Å². The lowest BCUT2D eigenvalue weighted by Gasteiger charge is -2.54. The second kappa shape index (κ2) is 10.8. The lowest BCUT2D eigenvalue weighted by atomic mass is 9.70. The van der Waals surface area contributed by atoms with Crippen molar-refractivity contribution in [3.8, 4) is 0 Å². The number of ether oxygens (including phenoxy) is 1. The van der Waals surface area contributed by atoms with Crippen LogP contribution in [0.3, 0.4) is 0 Å². The van der Waals surface area contributed by atoms with Crippen molar-refractivity contribution in [1.29, 1.82) is 0 Å². The maximum atomic E-state index is 14.7. The zero-order chi connectivity index (χ0) is 31.4. The standard InChI is InChI=1S/C33H35F3N2O5/c1-20(39)26-17-37-15-14-32(26,30(41)42)38(19-31(2,3)4)27-13-12-22(33(34,35)36)16-25(27)29(43-18-28(38)40)24-11-7-9-21-8-5-6-10-23(21)24/h5-13,16,26,29,37H,14-15,17-19H2,1-4H3/p+1/t26-,29?,32+,38+/m1/s1. The van der Waals surface area contributed by atoms with Gasteiger partial charge in [-0.2, -0.15) is 13.2 Å². The van der Waals surface area contributed by atoms with Crippen LogP contribution in [0.15, 0.2) is 60.7 Å². The number of quaternary nitrogens is 1. The second-order valence-electron chi connectivity index (χ2n) is 12.8. The molecule has 0 aromatic heterocycles. The average Bonchev–Trinajstić information content (AvgIpc) is 3.05. The Morgan fingerprint density at radius 1 is 1.05 bits per heavy atom. The number of fused-ring (bicyclic) bond motifs is 2. The number of alkyl halides is 3. The van der Waals surface area contributed by atoms with Crippen molar-refractivity contribution < 1.29 is 37.4 Å². The van der Waals surface area contributed by atoms with Gasteiger partial charge in [0.25, 0.3) is 0 Å². The zero-order valence-corrected chi connectivity index (χ0v) is 24.6. The van der Waals surface area contributed by atoms with Crippen LogP contribution in [-0.4, -0.2) is 54.5 Å². The van der Waals surface area contributed by atoms with E-state index < -0.39 is 63.5 Å². The first-order valence-corrected chi connectivity index (χ1v) is 14.3. The number of hydrogen-bond donors (Lipinski definition) is 2. The summed E-state index contributed by atoms with van der Waals surface area (Å²) in [4.78, 5) is 41.5. The summed E-state index contributed by atoms with van der Waals surface area (Å²) < 4.78 is 48.2. The van der Waals surface area contributed by atoms with Crippen molar-refractivity contribution in [2.24, 2.45) is 11.3 Å². The number of carbonyl (C=O) groups is 3. The first-order chi connectivity index (χ1) is 20.1. The van der Waals surface area contributed by atoms with Gasteiger partial charge in [0.2, 0.25) is 5.54 Å². The Labute approximate surface area is 248 Å². The topological polar surface area (TPSA) is 92.7 Å². The maximum absolute atomic E-state index is 14.7. The van der Waals surface area contributed by atoms with E-state index in [0.29, 0.717) is 5.56 Å². The molecule has 3 aromatic carbocycles. The molecule has 10 heteroatoms. The molecule has 1 fully saturated rings. The Bertz CT molecular complexity index is 1590. The third-order valence-corrected chi connectivity index (χ3v) is 8.82. The molecule has 1 amide bonds. The Hall–Kier alpha value is -3.60. The lowest BCUT2D eigenvalue weighted by molar-refractivity contribution is -0.170. The fraction of sp³-hybridized carbons (Fsp3) is 0.424. The molecule has 4 atom stereocenters. The van der Waals surface area contributed by atoms with Gasteiger partial charge in [-0.15, -0.1) is 0 Å². The maximum Gasteiger partial charge on any atom is 0.416 e. The predicted molar refractivity (Wildman–Crippen MR) is 156 cm³/mol. The Morgan fingerprint density at radius 2 is 1.74 bits per heavy atom. The number of hydrogen-bond acceptors (Lipinski definition) is 5. The highest BCUT2D eigenvalue weighted by Crippen LogP contribution is 2.52. The van der Waals surface area contributed by atoms with E-state index in [4.69, 9.17) is 4.74 Å². The van der Waals surface area contributed by atoms with Crippen LogP contribution in [0.2, 0.25) is 0 Å². The normalized spacial score (nSPS) is 26.5. The summed E-state index contributed by atoms with van der Waals surface area (Å²) in [6.45, 7) is 6.42. The minimum Gasteiger partial charge on any atom is -0.477 e. The molecular formula is C33H36F3N2O5+. The number of nitrogens with one attached hydrogen (secondary N) is 1. The molecule has 1 unspecified atom stereocenters. The third-order valence-electron chi connectivity index (χ3n) is 8.82. The van der Waals surface area contributed by atoms with Crippen LogP contribution < -0.4 is 9.80 Å². The number of ketones is 1. The monoisotopic (exact) mass is 597 g/mol. The largest absolute Gasteiger partial charge is 0.477 e. The molecule has 2 N–H and O–H groups in total. The molecular weight excluding hydrogens is 561 g/mol. The molecule has 3 aromatic rings. The molecule has 0 saturated carbocycles. The minimum atomic E-state index is -4.71. The Kier molecular flexibility index (Phi) is 7.77. The summed E-state index contributed by atoms with van der Waals surface area (Å²) in [7, 11) is 0. The number of piperidine rings is 1. The summed E-state index contributed by atoms with van der Waals surface area (Å²) in [5.41, 5.74) is -2.90. The van der Waals surface area contributed by atoms with Crippen LogP contribution in [0.1, 0.15) is 56.9 Å². The van der Waals surface area contributed by atoms with Crippen molar-refractivity contribution in [2.75, 3.05) is 26.2 Å². The summed E-state index contributed by atoms with van der Waals surface area (Å²) in [5, 5.41) is 15.8. The lowest BCUT2D eigenvalue weighted by Crippen LogP contribution is -2.80. The summed E-state index contributed by atoms with van der Waals surface area (Å²) >= 11 is 0. The molecule has 1 saturated heterocycles. The molecule has 2 aliphatic heterocycles. The van der Waals surface area contributed by atoms with Crippen molar-refractivity contribution in [3.63, 3.8) is 0 Å². The van der Waals surface area contributed by atoms with E-state index in [1.807, 2.05) is 51.1 Å². The molecule has 0 radical (unpaired) electrons. The van der Waals surface area contributed by atoms with Gasteiger partial charge in [-0.3, -0.25) is 4.79 Å². The van der Waals surface area contributed by atoms with E-state index in [2.05, 4.69) is 5.32 Å². The fourth-order valence-corrected chi connectivity index (χ4v) is 7.20. The van der Waals surface area contributed by atoms with Crippen molar-refractivity contribution in [2.45, 2.75) is 51.9 Å². The van der Waals surface area contributed by atoms with E-state index in [1.54, 1.807) is 12.1 Å². The highest BCUT2D eigenvalue weighted by molar-refractivity contribution is 6.02. The first-order valence-electron chi connectivity index (χ1n) is 14.3. The van der Waals surface area contributed by atoms with Gasteiger partial charge in [-0.25, -0.2) is 14.1 Å². The predicted octanol–water partition coefficient (Wildman–Crippen LogP) is 5.88. The van der Waals surface area contributed by atoms with Crippen LogP contribution in [-0.2, 0) is 25.3 Å². The summed E-state index contributed by atoms with van der Waals surface area (Å²) in [6.07, 6.45) is -5.92. The van der Waals surface area contributed by atoms with Gasteiger partial charge in [0.15, 0.2) is 6.61 Å². The van der Waals surface area contributed by atoms with Crippen LogP contribution in [0.4, 0.5) is 18.9 Å². The molecule has 5 rings (SSSR count). The Morgan fingerprint density at radius 3 is 2.40 bits per heavy atom. The van der Waals surface area contributed by atoms with Crippen molar-refractivity contribution in [1.82, 2.24) is 9.80 Å². The van der Waals surface area contributed by atoms with Crippen LogP contribution in [0.5, 0.6) is 0 Å². The van der Waals surface area contributed by atoms with E-state index in [1.165, 1.54) is 13.0 Å². The quantitative estimate of drug-likeness (QED) is 0.357. The van der Waals surface area contributed by atoms with Gasteiger partial charge >= 0.3 is 18.1 Å². The zero-order valence-electron chi connectivity index (χ0n) is 24.6. The number of carboxylic acids is 1. The first kappa shape index (κ1) is 30.8. The summed E-state index contributed by atoms with van der Waals surface area (Å²) in [6, 6.07) is 15.9. The molecule has 2 aliphatic rings. The summed E-state index contributed by atoms with van der Waals surface area (Å²) in [5.74, 6) is -3.51. The fourth-order valence-electron chi connectivity index (χ4n) is 7.20. The highest BCUT2D eigenvalue weighted by Gasteiger charge is 2.70. The number of nitrogens with zero attached hydrogens (tertiary/aromatic N) is 1. The number of aliphatic carboxylic acids is 1. The smallest absolute Gasteiger partial charge is 0.416 e. The average molecular weight is 598 g/mol. The number of Topliss-reactive ketones (excluding diaryl/α,β-unsaturated/α-hetero) is 1. The van der Waals surface area contributed by atoms with Crippen LogP contribution in [0.25, 0.3) is 10.8 Å². The van der Waals surface area contributed by atoms with E-state index in [9.17, 15) is 32.7 Å². The number of benzene rings is 3. The van der Waals surface area contributed by atoms with Crippen molar-refractivity contribution in [3.05, 3.63) is 77.4 Å². The number of carbonyl (C=O) groups excluding carboxylic acids is 2. The number of halogens is 3.